The van der Waals surface area contributed by atoms with E-state index in [2.05, 4.69) is 5.32 Å². The van der Waals surface area contributed by atoms with E-state index < -0.39 is 11.9 Å². The molecule has 27 heavy (non-hydrogen) atoms. The molecule has 0 saturated carbocycles. The van der Waals surface area contributed by atoms with E-state index in [0.717, 1.165) is 31.5 Å². The summed E-state index contributed by atoms with van der Waals surface area (Å²) >= 11 is 0. The van der Waals surface area contributed by atoms with Gasteiger partial charge in [-0.05, 0) is 25.0 Å². The van der Waals surface area contributed by atoms with Gasteiger partial charge in [0.15, 0.2) is 6.61 Å². The minimum Gasteiger partial charge on any atom is -0.483 e. The summed E-state index contributed by atoms with van der Waals surface area (Å²) in [5.74, 6) is 0.221. The third-order valence-corrected chi connectivity index (χ3v) is 4.70. The fourth-order valence-corrected chi connectivity index (χ4v) is 3.19. The Morgan fingerprint density at radius 3 is 2.63 bits per heavy atom. The molecule has 1 saturated heterocycles. The van der Waals surface area contributed by atoms with Crippen molar-refractivity contribution >= 4 is 5.91 Å². The minimum atomic E-state index is -0.934. The topological polar surface area (TPSA) is 61.8 Å². The van der Waals surface area contributed by atoms with Gasteiger partial charge in [-0.25, -0.2) is 4.39 Å². The van der Waals surface area contributed by atoms with Crippen LogP contribution in [0, 0.1) is 5.82 Å². The van der Waals surface area contributed by atoms with Crippen molar-refractivity contribution in [3.8, 4) is 5.75 Å². The van der Waals surface area contributed by atoms with Crippen molar-refractivity contribution in [2.75, 3.05) is 26.2 Å². The summed E-state index contributed by atoms with van der Waals surface area (Å²) in [4.78, 5) is 14.0. The number of rotatable bonds is 8. The number of halogens is 1. The third kappa shape index (κ3) is 5.28. The molecule has 0 bridgehead atoms. The molecule has 3 rings (SSSR count). The molecule has 1 fully saturated rings. The number of hydrogen-bond donors (Lipinski definition) is 2. The Morgan fingerprint density at radius 1 is 1.15 bits per heavy atom. The predicted octanol–water partition coefficient (Wildman–Crippen LogP) is 2.65. The van der Waals surface area contributed by atoms with E-state index in [0.29, 0.717) is 12.3 Å². The van der Waals surface area contributed by atoms with Crippen molar-refractivity contribution in [1.82, 2.24) is 10.2 Å². The van der Waals surface area contributed by atoms with Gasteiger partial charge >= 0.3 is 0 Å². The van der Waals surface area contributed by atoms with E-state index >= 15 is 0 Å². The van der Waals surface area contributed by atoms with E-state index in [-0.39, 0.29) is 24.6 Å². The fraction of sp³-hybridized carbons (Fsp3) is 0.381. The molecular formula is C21H25FN2O3. The molecule has 2 aromatic rings. The largest absolute Gasteiger partial charge is 0.483 e. The quantitative estimate of drug-likeness (QED) is 0.748. The number of ether oxygens (including phenoxy) is 1. The summed E-state index contributed by atoms with van der Waals surface area (Å²) in [6, 6.07) is 13.7. The van der Waals surface area contributed by atoms with E-state index in [1.165, 1.54) is 6.07 Å². The molecule has 0 aromatic heterocycles. The summed E-state index contributed by atoms with van der Waals surface area (Å²) < 4.78 is 19.4. The van der Waals surface area contributed by atoms with Gasteiger partial charge in [0.25, 0.3) is 5.91 Å². The first-order valence-corrected chi connectivity index (χ1v) is 9.27. The Morgan fingerprint density at radius 2 is 1.85 bits per heavy atom. The predicted molar refractivity (Wildman–Crippen MR) is 101 cm³/mol. The molecular weight excluding hydrogens is 347 g/mol. The molecule has 2 N–H and O–H groups in total. The number of carbonyl (C=O) groups is 1. The first-order chi connectivity index (χ1) is 13.1. The summed E-state index contributed by atoms with van der Waals surface area (Å²) in [5.41, 5.74) is 1.15. The fourth-order valence-electron chi connectivity index (χ4n) is 3.19. The van der Waals surface area contributed by atoms with Crippen LogP contribution in [0.5, 0.6) is 5.75 Å². The summed E-state index contributed by atoms with van der Waals surface area (Å²) in [5, 5.41) is 13.3. The highest BCUT2D eigenvalue weighted by atomic mass is 19.1. The average molecular weight is 372 g/mol. The first-order valence-electron chi connectivity index (χ1n) is 9.27. The van der Waals surface area contributed by atoms with Crippen LogP contribution in [0.25, 0.3) is 0 Å². The van der Waals surface area contributed by atoms with Crippen LogP contribution in [0.1, 0.15) is 30.1 Å². The lowest BCUT2D eigenvalue weighted by Gasteiger charge is -2.17. The minimum absolute atomic E-state index is 0.00485. The number of para-hydroxylation sites is 1. The number of carbonyl (C=O) groups excluding carboxylic acids is 1. The number of aliphatic hydroxyl groups excluding tert-OH is 1. The van der Waals surface area contributed by atoms with E-state index in [9.17, 15) is 14.3 Å². The number of likely N-dealkylation sites (tertiary alicyclic amines) is 1. The van der Waals surface area contributed by atoms with Crippen LogP contribution in [0.3, 0.4) is 0 Å². The second-order valence-corrected chi connectivity index (χ2v) is 6.65. The SMILES string of the molecule is O=C(COc1ccccc1CNCC(O)c1ccccc1F)N1CCCC1. The van der Waals surface area contributed by atoms with Crippen LogP contribution in [0.2, 0.25) is 0 Å². The Labute approximate surface area is 158 Å². The summed E-state index contributed by atoms with van der Waals surface area (Å²) in [7, 11) is 0. The van der Waals surface area contributed by atoms with Crippen molar-refractivity contribution < 1.29 is 19.0 Å². The monoisotopic (exact) mass is 372 g/mol. The van der Waals surface area contributed by atoms with Crippen LogP contribution in [-0.2, 0) is 11.3 Å². The molecule has 0 spiro atoms. The Bertz CT molecular complexity index is 763. The molecule has 1 aliphatic heterocycles. The van der Waals surface area contributed by atoms with Crippen molar-refractivity contribution in [2.24, 2.45) is 0 Å². The van der Waals surface area contributed by atoms with Crippen molar-refractivity contribution in [3.05, 3.63) is 65.5 Å². The summed E-state index contributed by atoms with van der Waals surface area (Å²) in [6.45, 7) is 2.29. The van der Waals surface area contributed by atoms with Crippen molar-refractivity contribution in [2.45, 2.75) is 25.5 Å². The van der Waals surface area contributed by atoms with Gasteiger partial charge in [-0.15, -0.1) is 0 Å². The van der Waals surface area contributed by atoms with Gasteiger partial charge < -0.3 is 20.1 Å². The molecule has 6 heteroatoms. The second-order valence-electron chi connectivity index (χ2n) is 6.65. The molecule has 1 amide bonds. The first kappa shape index (κ1) is 19.3. The third-order valence-electron chi connectivity index (χ3n) is 4.70. The maximum absolute atomic E-state index is 13.7. The second kappa shape index (κ2) is 9.48. The Balaban J connectivity index is 1.51. The number of nitrogens with one attached hydrogen (secondary N) is 1. The van der Waals surface area contributed by atoms with Gasteiger partial charge in [0.2, 0.25) is 0 Å². The lowest BCUT2D eigenvalue weighted by atomic mass is 10.1. The van der Waals surface area contributed by atoms with Crippen LogP contribution >= 0.6 is 0 Å². The lowest BCUT2D eigenvalue weighted by molar-refractivity contribution is -0.132. The number of aliphatic hydroxyl groups is 1. The normalized spacial score (nSPS) is 15.0. The molecule has 1 unspecified atom stereocenters. The van der Waals surface area contributed by atoms with Crippen LogP contribution < -0.4 is 10.1 Å². The van der Waals surface area contributed by atoms with E-state index in [1.54, 1.807) is 18.2 Å². The molecule has 5 nitrogen and oxygen atoms in total. The van der Waals surface area contributed by atoms with Gasteiger partial charge in [-0.3, -0.25) is 4.79 Å². The molecule has 0 aliphatic carbocycles. The summed E-state index contributed by atoms with van der Waals surface area (Å²) in [6.07, 6.45) is 1.17. The molecule has 1 aliphatic rings. The van der Waals surface area contributed by atoms with Gasteiger partial charge in [0, 0.05) is 37.3 Å². The number of nitrogens with zero attached hydrogens (tertiary/aromatic N) is 1. The zero-order valence-corrected chi connectivity index (χ0v) is 15.2. The smallest absolute Gasteiger partial charge is 0.260 e. The van der Waals surface area contributed by atoms with Crippen molar-refractivity contribution in [1.29, 1.82) is 0 Å². The molecule has 1 atom stereocenters. The highest BCUT2D eigenvalue weighted by Crippen LogP contribution is 2.20. The molecule has 144 valence electrons. The highest BCUT2D eigenvalue weighted by molar-refractivity contribution is 5.78. The van der Waals surface area contributed by atoms with Crippen LogP contribution in [0.15, 0.2) is 48.5 Å². The van der Waals surface area contributed by atoms with Gasteiger partial charge in [-0.2, -0.15) is 0 Å². The van der Waals surface area contributed by atoms with Gasteiger partial charge in [0.05, 0.1) is 6.10 Å². The number of benzene rings is 2. The standard InChI is InChI=1S/C21H25FN2O3/c22-18-9-3-2-8-17(18)19(25)14-23-13-16-7-1-4-10-20(16)27-15-21(26)24-11-5-6-12-24/h1-4,7-10,19,23,25H,5-6,11-15H2. The molecule has 0 radical (unpaired) electrons. The zero-order valence-electron chi connectivity index (χ0n) is 15.2. The van der Waals surface area contributed by atoms with Crippen LogP contribution in [-0.4, -0.2) is 42.2 Å². The Kier molecular flexibility index (Phi) is 6.79. The van der Waals surface area contributed by atoms with Crippen molar-refractivity contribution in [3.63, 3.8) is 0 Å². The van der Waals surface area contributed by atoms with Gasteiger partial charge in [0.1, 0.15) is 11.6 Å². The lowest BCUT2D eigenvalue weighted by Crippen LogP contribution is -2.32. The number of amides is 1. The van der Waals surface area contributed by atoms with Crippen LogP contribution in [0.4, 0.5) is 4.39 Å². The highest BCUT2D eigenvalue weighted by Gasteiger charge is 2.18. The average Bonchev–Trinajstić information content (AvgIpc) is 3.22. The van der Waals surface area contributed by atoms with E-state index in [4.69, 9.17) is 4.74 Å². The maximum atomic E-state index is 13.7. The van der Waals surface area contributed by atoms with Gasteiger partial charge in [-0.1, -0.05) is 36.4 Å². The molecule has 1 heterocycles. The zero-order chi connectivity index (χ0) is 19.1. The maximum Gasteiger partial charge on any atom is 0.260 e. The molecule has 2 aromatic carbocycles. The van der Waals surface area contributed by atoms with E-state index in [1.807, 2.05) is 29.2 Å². The Hall–Kier alpha value is -2.44. The number of hydrogen-bond acceptors (Lipinski definition) is 4.